The minimum absolute atomic E-state index is 0.0606. The third-order valence-electron chi connectivity index (χ3n) is 3.70. The summed E-state index contributed by atoms with van der Waals surface area (Å²) in [5.41, 5.74) is 0.752. The number of nitrogens with one attached hydrogen (secondary N) is 1. The van der Waals surface area contributed by atoms with Crippen molar-refractivity contribution in [2.75, 3.05) is 25.1 Å². The normalized spacial score (nSPS) is 10.1. The van der Waals surface area contributed by atoms with E-state index in [4.69, 9.17) is 0 Å². The van der Waals surface area contributed by atoms with E-state index in [0.29, 0.717) is 11.3 Å². The maximum Gasteiger partial charge on any atom is 0.337 e. The summed E-state index contributed by atoms with van der Waals surface area (Å²) in [5.74, 6) is -1.94. The van der Waals surface area contributed by atoms with Gasteiger partial charge in [-0.05, 0) is 30.3 Å². The lowest BCUT2D eigenvalue weighted by Crippen LogP contribution is -2.37. The second kappa shape index (κ2) is 8.75. The van der Waals surface area contributed by atoms with Gasteiger partial charge in [-0.2, -0.15) is 0 Å². The number of hydrogen-bond acceptors (Lipinski definition) is 4. The van der Waals surface area contributed by atoms with Crippen LogP contribution in [-0.4, -0.2) is 38.0 Å². The van der Waals surface area contributed by atoms with Crippen molar-refractivity contribution in [1.82, 2.24) is 5.32 Å². The van der Waals surface area contributed by atoms with Crippen LogP contribution < -0.4 is 10.2 Å². The highest BCUT2D eigenvalue weighted by atomic mass is 19.1. The van der Waals surface area contributed by atoms with Crippen LogP contribution in [-0.2, 0) is 9.53 Å². The molecule has 0 fully saturated rings. The molecular formula is C19H19FN2O4. The van der Waals surface area contributed by atoms with Crippen LogP contribution in [0.1, 0.15) is 27.6 Å². The number of ether oxygens (including phenoxy) is 1. The molecule has 0 saturated carbocycles. The average molecular weight is 358 g/mol. The molecule has 2 rings (SSSR count). The summed E-state index contributed by atoms with van der Waals surface area (Å²) in [6.07, 6.45) is 0. The summed E-state index contributed by atoms with van der Waals surface area (Å²) >= 11 is 0. The lowest BCUT2D eigenvalue weighted by atomic mass is 10.2. The first kappa shape index (κ1) is 19.1. The lowest BCUT2D eigenvalue weighted by molar-refractivity contribution is -0.116. The van der Waals surface area contributed by atoms with Crippen LogP contribution in [0.4, 0.5) is 10.1 Å². The lowest BCUT2D eigenvalue weighted by Gasteiger charge is -2.22. The number of anilines is 1. The monoisotopic (exact) mass is 358 g/mol. The smallest absolute Gasteiger partial charge is 0.337 e. The molecule has 7 heteroatoms. The topological polar surface area (TPSA) is 75.7 Å². The third-order valence-corrected chi connectivity index (χ3v) is 3.70. The van der Waals surface area contributed by atoms with Gasteiger partial charge in [0.05, 0.1) is 18.2 Å². The van der Waals surface area contributed by atoms with Gasteiger partial charge in [-0.15, -0.1) is 0 Å². The van der Waals surface area contributed by atoms with Crippen molar-refractivity contribution < 1.29 is 23.5 Å². The molecule has 2 amide bonds. The number of nitrogens with zero attached hydrogens (tertiary/aromatic N) is 1. The number of esters is 1. The van der Waals surface area contributed by atoms with Gasteiger partial charge in [-0.25, -0.2) is 9.18 Å². The highest BCUT2D eigenvalue weighted by molar-refractivity contribution is 5.96. The van der Waals surface area contributed by atoms with Crippen LogP contribution in [0.3, 0.4) is 0 Å². The molecule has 0 atom stereocenters. The number of amides is 2. The minimum Gasteiger partial charge on any atom is -0.465 e. The fourth-order valence-electron chi connectivity index (χ4n) is 2.41. The molecule has 0 aromatic heterocycles. The average Bonchev–Trinajstić information content (AvgIpc) is 2.64. The van der Waals surface area contributed by atoms with Gasteiger partial charge in [0, 0.05) is 25.7 Å². The predicted molar refractivity (Wildman–Crippen MR) is 94.5 cm³/mol. The Morgan fingerprint density at radius 2 is 1.85 bits per heavy atom. The van der Waals surface area contributed by atoms with Gasteiger partial charge in [0.1, 0.15) is 5.82 Å². The second-order valence-corrected chi connectivity index (χ2v) is 5.45. The van der Waals surface area contributed by atoms with Gasteiger partial charge in [-0.1, -0.05) is 18.2 Å². The molecule has 0 radical (unpaired) electrons. The molecule has 2 aromatic carbocycles. The molecule has 6 nitrogen and oxygen atoms in total. The summed E-state index contributed by atoms with van der Waals surface area (Å²) in [5, 5.41) is 2.58. The zero-order chi connectivity index (χ0) is 19.1. The molecular weight excluding hydrogens is 339 g/mol. The number of benzene rings is 2. The van der Waals surface area contributed by atoms with Gasteiger partial charge in [0.2, 0.25) is 5.91 Å². The Kier molecular flexibility index (Phi) is 6.43. The molecule has 0 bridgehead atoms. The van der Waals surface area contributed by atoms with E-state index in [1.165, 1.54) is 43.2 Å². The van der Waals surface area contributed by atoms with Crippen LogP contribution in [0.15, 0.2) is 48.5 Å². The van der Waals surface area contributed by atoms with Gasteiger partial charge >= 0.3 is 5.97 Å². The van der Waals surface area contributed by atoms with Gasteiger partial charge in [0.25, 0.3) is 5.91 Å². The first-order chi connectivity index (χ1) is 12.4. The van der Waals surface area contributed by atoms with E-state index in [9.17, 15) is 18.8 Å². The molecule has 0 spiro atoms. The summed E-state index contributed by atoms with van der Waals surface area (Å²) in [6.45, 7) is 1.67. The van der Waals surface area contributed by atoms with Crippen LogP contribution in [0.5, 0.6) is 0 Å². The summed E-state index contributed by atoms with van der Waals surface area (Å²) in [4.78, 5) is 37.0. The highest BCUT2D eigenvalue weighted by Gasteiger charge is 2.15. The van der Waals surface area contributed by atoms with Crippen molar-refractivity contribution in [2.24, 2.45) is 0 Å². The number of carbonyl (C=O) groups is 3. The first-order valence-corrected chi connectivity index (χ1v) is 7.93. The Hall–Kier alpha value is -3.22. The van der Waals surface area contributed by atoms with Gasteiger partial charge in [0.15, 0.2) is 0 Å². The molecule has 0 heterocycles. The molecule has 0 aliphatic heterocycles. The van der Waals surface area contributed by atoms with E-state index in [1.54, 1.807) is 24.3 Å². The molecule has 0 aliphatic rings. The molecule has 2 aromatic rings. The Balaban J connectivity index is 2.05. The van der Waals surface area contributed by atoms with Gasteiger partial charge < -0.3 is 15.0 Å². The maximum absolute atomic E-state index is 13.6. The fraction of sp³-hybridized carbons (Fsp3) is 0.211. The van der Waals surface area contributed by atoms with Crippen molar-refractivity contribution in [3.05, 3.63) is 65.5 Å². The quantitative estimate of drug-likeness (QED) is 0.805. The van der Waals surface area contributed by atoms with E-state index in [0.717, 1.165) is 0 Å². The number of methoxy groups -OCH3 is 1. The fourth-order valence-corrected chi connectivity index (χ4v) is 2.41. The summed E-state index contributed by atoms with van der Waals surface area (Å²) in [7, 11) is 1.27. The van der Waals surface area contributed by atoms with E-state index in [2.05, 4.69) is 10.1 Å². The number of carbonyl (C=O) groups excluding carboxylic acids is 3. The van der Waals surface area contributed by atoms with E-state index >= 15 is 0 Å². The molecule has 0 unspecified atom stereocenters. The zero-order valence-corrected chi connectivity index (χ0v) is 14.5. The van der Waals surface area contributed by atoms with Crippen LogP contribution in [0, 0.1) is 5.82 Å². The van der Waals surface area contributed by atoms with Crippen molar-refractivity contribution in [1.29, 1.82) is 0 Å². The number of rotatable bonds is 6. The largest absolute Gasteiger partial charge is 0.465 e. The van der Waals surface area contributed by atoms with E-state index in [1.807, 2.05) is 0 Å². The molecule has 0 saturated heterocycles. The molecule has 136 valence electrons. The van der Waals surface area contributed by atoms with Crippen molar-refractivity contribution >= 4 is 23.5 Å². The van der Waals surface area contributed by atoms with Crippen molar-refractivity contribution in [3.63, 3.8) is 0 Å². The molecule has 1 N–H and O–H groups in total. The van der Waals surface area contributed by atoms with Crippen LogP contribution >= 0.6 is 0 Å². The Bertz CT molecular complexity index is 823. The van der Waals surface area contributed by atoms with Crippen LogP contribution in [0.2, 0.25) is 0 Å². The SMILES string of the molecule is COC(=O)c1cccc(N(CCNC(=O)c2ccccc2F)C(C)=O)c1. The molecule has 0 aliphatic carbocycles. The predicted octanol–water partition coefficient (Wildman–Crippen LogP) is 2.40. The van der Waals surface area contributed by atoms with Crippen LogP contribution in [0.25, 0.3) is 0 Å². The number of hydrogen-bond donors (Lipinski definition) is 1. The maximum atomic E-state index is 13.6. The third kappa shape index (κ3) is 4.66. The van der Waals surface area contributed by atoms with Crippen molar-refractivity contribution in [2.45, 2.75) is 6.92 Å². The standard InChI is InChI=1S/C19H19FN2O4/c1-13(23)22(15-7-5-6-14(12-15)19(25)26-2)11-10-21-18(24)16-8-3-4-9-17(16)20/h3-9,12H,10-11H2,1-2H3,(H,21,24). The van der Waals surface area contributed by atoms with Gasteiger partial charge in [-0.3, -0.25) is 9.59 Å². The Morgan fingerprint density at radius 1 is 1.12 bits per heavy atom. The summed E-state index contributed by atoms with van der Waals surface area (Å²) < 4.78 is 18.3. The minimum atomic E-state index is -0.612. The Labute approximate surface area is 150 Å². The number of halogens is 1. The highest BCUT2D eigenvalue weighted by Crippen LogP contribution is 2.17. The summed E-state index contributed by atoms with van der Waals surface area (Å²) in [6, 6.07) is 12.1. The van der Waals surface area contributed by atoms with E-state index < -0.39 is 17.7 Å². The zero-order valence-electron chi connectivity index (χ0n) is 14.5. The first-order valence-electron chi connectivity index (χ1n) is 7.93. The van der Waals surface area contributed by atoms with Crippen molar-refractivity contribution in [3.8, 4) is 0 Å². The Morgan fingerprint density at radius 3 is 2.50 bits per heavy atom. The second-order valence-electron chi connectivity index (χ2n) is 5.45. The molecule has 26 heavy (non-hydrogen) atoms. The van der Waals surface area contributed by atoms with E-state index in [-0.39, 0.29) is 24.6 Å².